The third kappa shape index (κ3) is 484. The summed E-state index contributed by atoms with van der Waals surface area (Å²) in [5, 5.41) is 11.5. The molecule has 30 heavy (non-hydrogen) atoms. The van der Waals surface area contributed by atoms with Gasteiger partial charge in [0.05, 0.1) is 0 Å². The van der Waals surface area contributed by atoms with Crippen LogP contribution in [0.4, 0.5) is 0 Å². The van der Waals surface area contributed by atoms with Gasteiger partial charge in [-0.25, -0.2) is 0 Å². The zero-order valence-corrected chi connectivity index (χ0v) is 18.1. The Morgan fingerprint density at radius 1 is 0.733 bits per heavy atom. The van der Waals surface area contributed by atoms with Crippen molar-refractivity contribution in [2.24, 2.45) is 10.2 Å². The van der Waals surface area contributed by atoms with Crippen LogP contribution < -0.4 is 10.6 Å². The predicted octanol–water partition coefficient (Wildman–Crippen LogP) is 6.75. The van der Waals surface area contributed by atoms with E-state index in [2.05, 4.69) is 27.4 Å². The Morgan fingerprint density at radius 3 is 0.900 bits per heavy atom. The summed E-state index contributed by atoms with van der Waals surface area (Å²) in [5.74, 6) is 0.118. The second kappa shape index (κ2) is 94.0. The summed E-state index contributed by atoms with van der Waals surface area (Å²) in [7, 11) is 6.48. The van der Waals surface area contributed by atoms with Crippen LogP contribution in [0.25, 0.3) is 0 Å². The van der Waals surface area contributed by atoms with Gasteiger partial charge in [0.25, 0.3) is 0 Å². The Hall–Kier alpha value is -2.31. The zero-order chi connectivity index (χ0) is 21.7. The minimum absolute atomic E-state index is 0. The predicted molar refractivity (Wildman–Crippen MR) is 143 cm³/mol. The van der Waals surface area contributed by atoms with E-state index in [0.717, 1.165) is 0 Å². The SMILES string of the molecule is C.C.C.C.C.C=CC.CC.CC=CC(C)=O.CN=NC.CNC(C)=O.CNC(C)=O. The van der Waals surface area contributed by atoms with Crippen LogP contribution >= 0.6 is 0 Å². The summed E-state index contributed by atoms with van der Waals surface area (Å²) in [5.41, 5.74) is 0. The first kappa shape index (κ1) is 70.8. The van der Waals surface area contributed by atoms with Crippen molar-refractivity contribution in [2.75, 3.05) is 28.2 Å². The van der Waals surface area contributed by atoms with E-state index in [0.29, 0.717) is 0 Å². The number of hydrogen-bond donors (Lipinski definition) is 2. The average molecular weight is 441 g/mol. The van der Waals surface area contributed by atoms with Gasteiger partial charge >= 0.3 is 0 Å². The fourth-order valence-corrected chi connectivity index (χ4v) is 0.235. The van der Waals surface area contributed by atoms with Gasteiger partial charge in [-0.2, -0.15) is 10.2 Å². The van der Waals surface area contributed by atoms with E-state index in [1.165, 1.54) is 26.8 Å². The van der Waals surface area contributed by atoms with Gasteiger partial charge < -0.3 is 10.6 Å². The maximum atomic E-state index is 9.96. The Bertz CT molecular complexity index is 323. The van der Waals surface area contributed by atoms with E-state index in [9.17, 15) is 14.4 Å². The lowest BCUT2D eigenvalue weighted by Gasteiger charge is -1.80. The molecule has 0 aliphatic heterocycles. The van der Waals surface area contributed by atoms with Crippen LogP contribution in [0.15, 0.2) is 35.0 Å². The molecule has 7 nitrogen and oxygen atoms in total. The van der Waals surface area contributed by atoms with Crippen LogP contribution in [0.2, 0.25) is 0 Å². The second-order valence-electron chi connectivity index (χ2n) is 3.53. The summed E-state index contributed by atoms with van der Waals surface area (Å²) in [6.07, 6.45) is 5.00. The maximum Gasteiger partial charge on any atom is 0.216 e. The minimum Gasteiger partial charge on any atom is -0.359 e. The first-order valence-corrected chi connectivity index (χ1v) is 7.89. The van der Waals surface area contributed by atoms with Crippen molar-refractivity contribution in [1.82, 2.24) is 10.6 Å². The van der Waals surface area contributed by atoms with Gasteiger partial charge in [0.1, 0.15) is 0 Å². The van der Waals surface area contributed by atoms with Gasteiger partial charge in [0.2, 0.25) is 11.8 Å². The van der Waals surface area contributed by atoms with E-state index in [4.69, 9.17) is 0 Å². The molecule has 0 saturated heterocycles. The fourth-order valence-electron chi connectivity index (χ4n) is 0.235. The summed E-state index contributed by atoms with van der Waals surface area (Å²) in [4.78, 5) is 29.4. The fraction of sp³-hybridized carbons (Fsp3) is 0.696. The van der Waals surface area contributed by atoms with Crippen molar-refractivity contribution in [2.45, 2.75) is 85.6 Å². The molecule has 7 heteroatoms. The summed E-state index contributed by atoms with van der Waals surface area (Å²) in [6, 6.07) is 0. The van der Waals surface area contributed by atoms with E-state index in [1.54, 1.807) is 40.3 Å². The molecule has 0 saturated carbocycles. The number of nitrogens with one attached hydrogen (secondary N) is 2. The highest BCUT2D eigenvalue weighted by molar-refractivity contribution is 5.87. The molecule has 0 unspecified atom stereocenters. The van der Waals surface area contributed by atoms with Crippen LogP contribution in [0.5, 0.6) is 0 Å². The van der Waals surface area contributed by atoms with E-state index in [-0.39, 0.29) is 54.7 Å². The molecule has 0 aliphatic carbocycles. The maximum absolute atomic E-state index is 9.96. The number of amides is 2. The van der Waals surface area contributed by atoms with Crippen LogP contribution in [0.1, 0.15) is 85.6 Å². The molecule has 0 bridgehead atoms. The third-order valence-electron chi connectivity index (χ3n) is 1.31. The number of allylic oxidation sites excluding steroid dienone is 3. The monoisotopic (exact) mass is 440 g/mol. The molecule has 190 valence electrons. The molecule has 0 atom stereocenters. The standard InChI is InChI=1S/C5H8O.2C3H7NO.C3H6.C2H6N2.C2H6.5CH4/c1-3-4-5(2)6;2*1-3(5)4-2;1-3-2;1-3-4-2;1-2;;;;;/h3-4H,1-2H3;2*1-2H3,(H,4,5);3H,1H2,2H3;1-2H3;1-2H3;5*1H4. The van der Waals surface area contributed by atoms with E-state index < -0.39 is 0 Å². The molecule has 0 aromatic carbocycles. The first-order valence-electron chi connectivity index (χ1n) is 7.89. The van der Waals surface area contributed by atoms with Crippen molar-refractivity contribution < 1.29 is 14.4 Å². The smallest absolute Gasteiger partial charge is 0.216 e. The Labute approximate surface area is 191 Å². The third-order valence-corrected chi connectivity index (χ3v) is 1.31. The van der Waals surface area contributed by atoms with Gasteiger partial charge in [-0.05, 0) is 26.8 Å². The van der Waals surface area contributed by atoms with Crippen LogP contribution in [-0.2, 0) is 14.4 Å². The largest absolute Gasteiger partial charge is 0.359 e. The van der Waals surface area contributed by atoms with Gasteiger partial charge in [0, 0.05) is 42.0 Å². The molecule has 2 amide bonds. The molecule has 0 aromatic rings. The molecule has 0 spiro atoms. The van der Waals surface area contributed by atoms with Crippen molar-refractivity contribution in [1.29, 1.82) is 0 Å². The summed E-state index contributed by atoms with van der Waals surface area (Å²) in [6.45, 7) is 15.5. The second-order valence-corrected chi connectivity index (χ2v) is 3.53. The zero-order valence-electron chi connectivity index (χ0n) is 18.1. The highest BCUT2D eigenvalue weighted by Gasteiger charge is 1.73. The van der Waals surface area contributed by atoms with Crippen molar-refractivity contribution in [3.05, 3.63) is 24.8 Å². The summed E-state index contributed by atoms with van der Waals surface area (Å²) < 4.78 is 0. The number of rotatable bonds is 1. The van der Waals surface area contributed by atoms with Crippen LogP contribution in [-0.4, -0.2) is 45.8 Å². The number of azo groups is 1. The molecule has 0 rings (SSSR count). The topological polar surface area (TPSA) is 100.0 Å². The lowest BCUT2D eigenvalue weighted by Crippen LogP contribution is -2.11. The van der Waals surface area contributed by atoms with Crippen molar-refractivity contribution in [3.8, 4) is 0 Å². The number of carbonyl (C=O) groups excluding carboxylic acids is 3. The number of ketones is 1. The molecule has 0 radical (unpaired) electrons. The van der Waals surface area contributed by atoms with Gasteiger partial charge in [0.15, 0.2) is 5.78 Å². The molecule has 0 fully saturated rings. The van der Waals surface area contributed by atoms with Gasteiger partial charge in [-0.15, -0.1) is 6.58 Å². The molecule has 0 heterocycles. The molecule has 2 N–H and O–H groups in total. The van der Waals surface area contributed by atoms with Crippen LogP contribution in [0, 0.1) is 0 Å². The van der Waals surface area contributed by atoms with E-state index >= 15 is 0 Å². The lowest BCUT2D eigenvalue weighted by atomic mass is 10.4. The number of nitrogens with zero attached hydrogens (tertiary/aromatic N) is 2. The van der Waals surface area contributed by atoms with Crippen molar-refractivity contribution >= 4 is 17.6 Å². The number of hydrogen-bond acceptors (Lipinski definition) is 5. The lowest BCUT2D eigenvalue weighted by molar-refractivity contribution is -0.119. The average Bonchev–Trinajstić information content (AvgIpc) is 2.58. The van der Waals surface area contributed by atoms with Gasteiger partial charge in [-0.3, -0.25) is 14.4 Å². The number of carbonyl (C=O) groups is 3. The Kier molecular flexibility index (Phi) is 222. The molecular formula is C23H60N4O3. The Morgan fingerprint density at radius 2 is 0.900 bits per heavy atom. The highest BCUT2D eigenvalue weighted by Crippen LogP contribution is 1.69. The van der Waals surface area contributed by atoms with Crippen molar-refractivity contribution in [3.63, 3.8) is 0 Å². The normalized spacial score (nSPS) is 6.10. The molecule has 0 aliphatic rings. The highest BCUT2D eigenvalue weighted by atomic mass is 16.2. The van der Waals surface area contributed by atoms with Crippen LogP contribution in [0.3, 0.4) is 0 Å². The quantitative estimate of drug-likeness (QED) is 0.268. The Balaban J connectivity index is -0.0000000159. The minimum atomic E-state index is 0. The molecule has 0 aromatic heterocycles. The van der Waals surface area contributed by atoms with E-state index in [1.807, 2.05) is 27.7 Å². The summed E-state index contributed by atoms with van der Waals surface area (Å²) >= 11 is 0. The van der Waals surface area contributed by atoms with Gasteiger partial charge in [-0.1, -0.05) is 63.1 Å². The first-order chi connectivity index (χ1) is 11.6. The molecular weight excluding hydrogens is 380 g/mol.